The van der Waals surface area contributed by atoms with Crippen molar-refractivity contribution < 1.29 is 14.3 Å². The van der Waals surface area contributed by atoms with Crippen molar-refractivity contribution >= 4 is 34.0 Å². The molecule has 3 N–H and O–H groups in total. The van der Waals surface area contributed by atoms with Gasteiger partial charge < -0.3 is 15.2 Å². The van der Waals surface area contributed by atoms with Crippen LogP contribution in [0.4, 0.5) is 5.13 Å². The third-order valence-corrected chi connectivity index (χ3v) is 4.90. The monoisotopic (exact) mass is 367 g/mol. The van der Waals surface area contributed by atoms with Gasteiger partial charge in [0, 0.05) is 17.5 Å². The highest BCUT2D eigenvalue weighted by Gasteiger charge is 2.30. The molecule has 128 valence electrons. The van der Waals surface area contributed by atoms with E-state index >= 15 is 0 Å². The maximum absolute atomic E-state index is 12.2. The van der Waals surface area contributed by atoms with Crippen molar-refractivity contribution in [2.24, 2.45) is 5.73 Å². The molecule has 2 aromatic rings. The lowest BCUT2D eigenvalue weighted by molar-refractivity contribution is -0.126. The smallest absolute Gasteiger partial charge is 0.255 e. The quantitative estimate of drug-likeness (QED) is 0.848. The standard InChI is InChI=1S/C16H18ClN3O3S/c1-22-13-4-2-9(6-11(13)17)12-8-24-16(19-12)20-15(21)14-5-3-10(7-18)23-14/h2,4,6,8,10,14H,3,5,7,18H2,1H3,(H,19,20,21)/t10-,14+/m1/s1. The number of nitrogens with zero attached hydrogens (tertiary/aromatic N) is 1. The van der Waals surface area contributed by atoms with Crippen molar-refractivity contribution in [2.45, 2.75) is 25.0 Å². The van der Waals surface area contributed by atoms with Crippen LogP contribution in [-0.2, 0) is 9.53 Å². The number of carbonyl (C=O) groups excluding carboxylic acids is 1. The molecule has 6 nitrogen and oxygen atoms in total. The third-order valence-electron chi connectivity index (χ3n) is 3.84. The van der Waals surface area contributed by atoms with Gasteiger partial charge in [-0.2, -0.15) is 0 Å². The van der Waals surface area contributed by atoms with Crippen LogP contribution in [0, 0.1) is 0 Å². The minimum absolute atomic E-state index is 0.0333. The first kappa shape index (κ1) is 17.2. The number of benzene rings is 1. The fourth-order valence-electron chi connectivity index (χ4n) is 2.55. The number of carbonyl (C=O) groups is 1. The van der Waals surface area contributed by atoms with Gasteiger partial charge in [-0.1, -0.05) is 11.6 Å². The Balaban J connectivity index is 1.67. The van der Waals surface area contributed by atoms with E-state index < -0.39 is 6.10 Å². The van der Waals surface area contributed by atoms with E-state index in [2.05, 4.69) is 10.3 Å². The van der Waals surface area contributed by atoms with Crippen molar-refractivity contribution in [1.82, 2.24) is 4.98 Å². The molecular weight excluding hydrogens is 350 g/mol. The molecular formula is C16H18ClN3O3S. The normalized spacial score (nSPS) is 20.1. The molecule has 3 rings (SSSR count). The Hall–Kier alpha value is -1.67. The van der Waals surface area contributed by atoms with Gasteiger partial charge in [-0.3, -0.25) is 10.1 Å². The maximum atomic E-state index is 12.2. The molecule has 2 atom stereocenters. The predicted octanol–water partition coefficient (Wildman–Crippen LogP) is 2.92. The van der Waals surface area contributed by atoms with Crippen LogP contribution in [0.2, 0.25) is 5.02 Å². The van der Waals surface area contributed by atoms with E-state index in [0.717, 1.165) is 17.7 Å². The summed E-state index contributed by atoms with van der Waals surface area (Å²) in [6.45, 7) is 0.434. The summed E-state index contributed by atoms with van der Waals surface area (Å²) >= 11 is 7.49. The fourth-order valence-corrected chi connectivity index (χ4v) is 3.53. The maximum Gasteiger partial charge on any atom is 0.255 e. The SMILES string of the molecule is COc1ccc(-c2csc(NC(=O)[C@@H]3CC[C@H](CN)O3)n2)cc1Cl. The summed E-state index contributed by atoms with van der Waals surface area (Å²) in [6.07, 6.45) is 0.998. The van der Waals surface area contributed by atoms with Gasteiger partial charge in [0.1, 0.15) is 11.9 Å². The van der Waals surface area contributed by atoms with Gasteiger partial charge in [-0.25, -0.2) is 4.98 Å². The molecule has 1 aliphatic rings. The molecule has 1 aromatic heterocycles. The van der Waals surface area contributed by atoms with E-state index in [1.807, 2.05) is 11.4 Å². The van der Waals surface area contributed by atoms with E-state index in [1.54, 1.807) is 19.2 Å². The number of methoxy groups -OCH3 is 1. The molecule has 8 heteroatoms. The number of hydrogen-bond acceptors (Lipinski definition) is 6. The Morgan fingerprint density at radius 2 is 2.38 bits per heavy atom. The van der Waals surface area contributed by atoms with Gasteiger partial charge in [0.25, 0.3) is 5.91 Å². The van der Waals surface area contributed by atoms with Crippen LogP contribution in [0.25, 0.3) is 11.3 Å². The second-order valence-corrected chi connectivity index (χ2v) is 6.70. The Labute approximate surface area is 148 Å². The molecule has 1 aliphatic heterocycles. The van der Waals surface area contributed by atoms with Crippen molar-refractivity contribution in [3.63, 3.8) is 0 Å². The highest BCUT2D eigenvalue weighted by Crippen LogP contribution is 2.32. The van der Waals surface area contributed by atoms with Crippen LogP contribution < -0.4 is 15.8 Å². The summed E-state index contributed by atoms with van der Waals surface area (Å²) in [7, 11) is 1.57. The lowest BCUT2D eigenvalue weighted by atomic mass is 10.2. The molecule has 0 unspecified atom stereocenters. The number of aromatic nitrogens is 1. The Morgan fingerprint density at radius 1 is 1.54 bits per heavy atom. The zero-order valence-corrected chi connectivity index (χ0v) is 14.7. The Kier molecular flexibility index (Phi) is 5.35. The van der Waals surface area contributed by atoms with E-state index in [0.29, 0.717) is 28.9 Å². The van der Waals surface area contributed by atoms with Crippen LogP contribution in [-0.4, -0.2) is 36.8 Å². The lowest BCUT2D eigenvalue weighted by Gasteiger charge is -2.11. The molecule has 1 amide bonds. The number of nitrogens with one attached hydrogen (secondary N) is 1. The second-order valence-electron chi connectivity index (χ2n) is 5.44. The molecule has 0 spiro atoms. The number of anilines is 1. The summed E-state index contributed by atoms with van der Waals surface area (Å²) in [5.74, 6) is 0.427. The molecule has 0 aliphatic carbocycles. The number of hydrogen-bond donors (Lipinski definition) is 2. The third kappa shape index (κ3) is 3.70. The molecule has 0 radical (unpaired) electrons. The summed E-state index contributed by atoms with van der Waals surface area (Å²) in [5, 5.41) is 5.71. The molecule has 2 heterocycles. The lowest BCUT2D eigenvalue weighted by Crippen LogP contribution is -2.29. The van der Waals surface area contributed by atoms with Gasteiger partial charge in [-0.05, 0) is 31.0 Å². The molecule has 1 saturated heterocycles. The molecule has 0 bridgehead atoms. The second kappa shape index (κ2) is 7.48. The summed E-state index contributed by atoms with van der Waals surface area (Å²) in [6, 6.07) is 5.44. The van der Waals surface area contributed by atoms with E-state index in [-0.39, 0.29) is 12.0 Å². The number of nitrogens with two attached hydrogens (primary N) is 1. The number of rotatable bonds is 5. The van der Waals surface area contributed by atoms with Crippen LogP contribution in [0.1, 0.15) is 12.8 Å². The molecule has 24 heavy (non-hydrogen) atoms. The molecule has 1 aromatic carbocycles. The van der Waals surface area contributed by atoms with Crippen LogP contribution in [0.15, 0.2) is 23.6 Å². The van der Waals surface area contributed by atoms with E-state index in [1.165, 1.54) is 11.3 Å². The minimum atomic E-state index is -0.457. The Bertz CT molecular complexity index is 737. The topological polar surface area (TPSA) is 86.5 Å². The summed E-state index contributed by atoms with van der Waals surface area (Å²) in [4.78, 5) is 16.6. The number of thiazole rings is 1. The highest BCUT2D eigenvalue weighted by atomic mass is 35.5. The van der Waals surface area contributed by atoms with Crippen LogP contribution >= 0.6 is 22.9 Å². The Morgan fingerprint density at radius 3 is 3.04 bits per heavy atom. The van der Waals surface area contributed by atoms with Gasteiger partial charge in [0.2, 0.25) is 0 Å². The van der Waals surface area contributed by atoms with Gasteiger partial charge in [0.05, 0.1) is 23.9 Å². The van der Waals surface area contributed by atoms with Crippen LogP contribution in [0.3, 0.4) is 0 Å². The zero-order valence-electron chi connectivity index (χ0n) is 13.1. The molecule has 0 saturated carbocycles. The first-order valence-corrected chi connectivity index (χ1v) is 8.82. The first-order valence-electron chi connectivity index (χ1n) is 7.56. The van der Waals surface area contributed by atoms with Gasteiger partial charge in [-0.15, -0.1) is 11.3 Å². The van der Waals surface area contributed by atoms with Gasteiger partial charge >= 0.3 is 0 Å². The highest BCUT2D eigenvalue weighted by molar-refractivity contribution is 7.14. The average Bonchev–Trinajstić information content (AvgIpc) is 3.24. The van der Waals surface area contributed by atoms with Crippen molar-refractivity contribution in [3.05, 3.63) is 28.6 Å². The van der Waals surface area contributed by atoms with Crippen molar-refractivity contribution in [3.8, 4) is 17.0 Å². The van der Waals surface area contributed by atoms with Gasteiger partial charge in [0.15, 0.2) is 5.13 Å². The van der Waals surface area contributed by atoms with Crippen LogP contribution in [0.5, 0.6) is 5.75 Å². The number of ether oxygens (including phenoxy) is 2. The number of halogens is 1. The zero-order chi connectivity index (χ0) is 17.1. The van der Waals surface area contributed by atoms with Crippen molar-refractivity contribution in [1.29, 1.82) is 0 Å². The first-order chi connectivity index (χ1) is 11.6. The van der Waals surface area contributed by atoms with E-state index in [4.69, 9.17) is 26.8 Å². The van der Waals surface area contributed by atoms with E-state index in [9.17, 15) is 4.79 Å². The minimum Gasteiger partial charge on any atom is -0.495 e. The molecule has 1 fully saturated rings. The predicted molar refractivity (Wildman–Crippen MR) is 94.7 cm³/mol. The fraction of sp³-hybridized carbons (Fsp3) is 0.375. The number of amides is 1. The largest absolute Gasteiger partial charge is 0.495 e. The summed E-state index contributed by atoms with van der Waals surface area (Å²) in [5.41, 5.74) is 7.16. The van der Waals surface area contributed by atoms with Crippen molar-refractivity contribution in [2.75, 3.05) is 19.0 Å². The summed E-state index contributed by atoms with van der Waals surface area (Å²) < 4.78 is 10.7. The average molecular weight is 368 g/mol.